The number of hydrogen-bond donors (Lipinski definition) is 0. The normalized spacial score (nSPS) is 14.2. The fourth-order valence-corrected chi connectivity index (χ4v) is 3.88. The van der Waals surface area contributed by atoms with E-state index in [0.29, 0.717) is 49.7 Å². The highest BCUT2D eigenvalue weighted by molar-refractivity contribution is 5.91. The van der Waals surface area contributed by atoms with Gasteiger partial charge in [-0.05, 0) is 37.1 Å². The zero-order valence-corrected chi connectivity index (χ0v) is 17.3. The fraction of sp³-hybridized carbons (Fsp3) is 0.348. The molecule has 0 atom stereocenters. The van der Waals surface area contributed by atoms with Crippen LogP contribution >= 0.6 is 0 Å². The van der Waals surface area contributed by atoms with Gasteiger partial charge in [0.25, 0.3) is 5.91 Å². The molecular weight excluding hydrogens is 383 g/mol. The Morgan fingerprint density at radius 2 is 1.87 bits per heavy atom. The molecule has 1 amide bonds. The minimum Gasteiger partial charge on any atom is -0.459 e. The van der Waals surface area contributed by atoms with Crippen molar-refractivity contribution in [1.82, 2.24) is 14.9 Å². The number of carbonyl (C=O) groups excluding carboxylic acids is 1. The molecule has 156 valence electrons. The number of aryl methyl sites for hydroxylation is 2. The number of nitrogens with zero attached hydrogens (tertiary/aromatic N) is 4. The molecule has 30 heavy (non-hydrogen) atoms. The Morgan fingerprint density at radius 1 is 1.10 bits per heavy atom. The number of furan rings is 1. The van der Waals surface area contributed by atoms with Crippen LogP contribution in [0.2, 0.25) is 0 Å². The van der Waals surface area contributed by atoms with Gasteiger partial charge in [0.2, 0.25) is 0 Å². The SMILES string of the molecule is CCc1nc(C)nc(N2CCN(C(=O)c3ccco3)CC2)c1Cc1ccccc1F. The number of amides is 1. The van der Waals surface area contributed by atoms with Crippen molar-refractivity contribution in [1.29, 1.82) is 0 Å². The van der Waals surface area contributed by atoms with Gasteiger partial charge >= 0.3 is 0 Å². The van der Waals surface area contributed by atoms with E-state index in [-0.39, 0.29) is 11.7 Å². The Bertz CT molecular complexity index is 1030. The number of hydrogen-bond acceptors (Lipinski definition) is 5. The zero-order valence-electron chi connectivity index (χ0n) is 17.3. The molecule has 0 saturated carbocycles. The average Bonchev–Trinajstić information content (AvgIpc) is 3.30. The molecule has 4 rings (SSSR count). The number of aromatic nitrogens is 2. The highest BCUT2D eigenvalue weighted by Gasteiger charge is 2.27. The molecular formula is C23H25FN4O2. The second-order valence-corrected chi connectivity index (χ2v) is 7.40. The second kappa shape index (κ2) is 8.65. The van der Waals surface area contributed by atoms with E-state index < -0.39 is 0 Å². The molecule has 1 aromatic carbocycles. The van der Waals surface area contributed by atoms with Crippen LogP contribution in [-0.2, 0) is 12.8 Å². The maximum atomic E-state index is 14.3. The maximum Gasteiger partial charge on any atom is 0.289 e. The molecule has 0 spiro atoms. The van der Waals surface area contributed by atoms with Crippen molar-refractivity contribution >= 4 is 11.7 Å². The Labute approximate surface area is 175 Å². The van der Waals surface area contributed by atoms with Crippen LogP contribution < -0.4 is 4.90 Å². The fourth-order valence-electron chi connectivity index (χ4n) is 3.88. The molecule has 0 aliphatic carbocycles. The van der Waals surface area contributed by atoms with Crippen LogP contribution in [0.15, 0.2) is 47.1 Å². The Balaban J connectivity index is 1.59. The lowest BCUT2D eigenvalue weighted by Gasteiger charge is -2.36. The molecule has 0 unspecified atom stereocenters. The standard InChI is InChI=1S/C23H25FN4O2/c1-3-20-18(15-17-7-4-5-8-19(17)24)22(26-16(2)25-20)27-10-12-28(13-11-27)23(29)21-9-6-14-30-21/h4-9,14H,3,10-13,15H2,1-2H3. The summed E-state index contributed by atoms with van der Waals surface area (Å²) < 4.78 is 19.6. The van der Waals surface area contributed by atoms with Gasteiger partial charge in [-0.15, -0.1) is 0 Å². The predicted molar refractivity (Wildman–Crippen MR) is 112 cm³/mol. The smallest absolute Gasteiger partial charge is 0.289 e. The lowest BCUT2D eigenvalue weighted by atomic mass is 10.0. The average molecular weight is 408 g/mol. The van der Waals surface area contributed by atoms with Gasteiger partial charge in [0.05, 0.1) is 6.26 Å². The summed E-state index contributed by atoms with van der Waals surface area (Å²) in [6.07, 6.45) is 2.70. The minimum absolute atomic E-state index is 0.0978. The summed E-state index contributed by atoms with van der Waals surface area (Å²) in [5, 5.41) is 0. The van der Waals surface area contributed by atoms with Gasteiger partial charge in [0.1, 0.15) is 17.5 Å². The second-order valence-electron chi connectivity index (χ2n) is 7.40. The van der Waals surface area contributed by atoms with E-state index in [0.717, 1.165) is 23.5 Å². The molecule has 6 nitrogen and oxygen atoms in total. The van der Waals surface area contributed by atoms with E-state index >= 15 is 0 Å². The Morgan fingerprint density at radius 3 is 2.53 bits per heavy atom. The highest BCUT2D eigenvalue weighted by atomic mass is 19.1. The number of piperazine rings is 1. The lowest BCUT2D eigenvalue weighted by Crippen LogP contribution is -2.49. The van der Waals surface area contributed by atoms with Crippen molar-refractivity contribution in [3.05, 3.63) is 76.9 Å². The zero-order chi connectivity index (χ0) is 21.1. The van der Waals surface area contributed by atoms with Gasteiger partial charge in [-0.3, -0.25) is 4.79 Å². The van der Waals surface area contributed by atoms with Gasteiger partial charge < -0.3 is 14.2 Å². The number of anilines is 1. The lowest BCUT2D eigenvalue weighted by molar-refractivity contribution is 0.0714. The van der Waals surface area contributed by atoms with E-state index in [1.165, 1.54) is 12.3 Å². The van der Waals surface area contributed by atoms with Crippen molar-refractivity contribution in [3.63, 3.8) is 0 Å². The molecule has 0 radical (unpaired) electrons. The van der Waals surface area contributed by atoms with Crippen molar-refractivity contribution in [2.45, 2.75) is 26.7 Å². The monoisotopic (exact) mass is 408 g/mol. The first-order valence-electron chi connectivity index (χ1n) is 10.2. The third kappa shape index (κ3) is 4.06. The molecule has 3 aromatic rings. The van der Waals surface area contributed by atoms with Crippen LogP contribution in [0.5, 0.6) is 0 Å². The number of benzene rings is 1. The maximum absolute atomic E-state index is 14.3. The third-order valence-electron chi connectivity index (χ3n) is 5.44. The van der Waals surface area contributed by atoms with Crippen molar-refractivity contribution in [2.75, 3.05) is 31.1 Å². The van der Waals surface area contributed by atoms with Gasteiger partial charge in [0, 0.05) is 43.9 Å². The number of rotatable bonds is 5. The van der Waals surface area contributed by atoms with E-state index in [1.807, 2.05) is 13.0 Å². The van der Waals surface area contributed by atoms with E-state index in [9.17, 15) is 9.18 Å². The van der Waals surface area contributed by atoms with Crippen LogP contribution in [0, 0.1) is 12.7 Å². The predicted octanol–water partition coefficient (Wildman–Crippen LogP) is 3.63. The van der Waals surface area contributed by atoms with Crippen LogP contribution in [0.25, 0.3) is 0 Å². The highest BCUT2D eigenvalue weighted by Crippen LogP contribution is 2.27. The molecule has 1 saturated heterocycles. The Kier molecular flexibility index (Phi) is 5.79. The largest absolute Gasteiger partial charge is 0.459 e. The molecule has 0 bridgehead atoms. The molecule has 0 N–H and O–H groups in total. The summed E-state index contributed by atoms with van der Waals surface area (Å²) in [5.41, 5.74) is 2.53. The van der Waals surface area contributed by atoms with Gasteiger partial charge in [0.15, 0.2) is 5.76 Å². The quantitative estimate of drug-likeness (QED) is 0.645. The minimum atomic E-state index is -0.222. The first-order chi connectivity index (χ1) is 14.6. The summed E-state index contributed by atoms with van der Waals surface area (Å²) >= 11 is 0. The summed E-state index contributed by atoms with van der Waals surface area (Å²) in [5.74, 6) is 1.58. The Hall–Kier alpha value is -3.22. The van der Waals surface area contributed by atoms with E-state index in [2.05, 4.69) is 16.8 Å². The van der Waals surface area contributed by atoms with Crippen LogP contribution in [0.4, 0.5) is 10.2 Å². The molecule has 3 heterocycles. The van der Waals surface area contributed by atoms with Gasteiger partial charge in [-0.2, -0.15) is 0 Å². The summed E-state index contributed by atoms with van der Waals surface area (Å²) in [6.45, 7) is 6.38. The van der Waals surface area contributed by atoms with Crippen molar-refractivity contribution < 1.29 is 13.6 Å². The van der Waals surface area contributed by atoms with Crippen molar-refractivity contribution in [3.8, 4) is 0 Å². The summed E-state index contributed by atoms with van der Waals surface area (Å²) in [4.78, 5) is 25.9. The molecule has 1 aliphatic heterocycles. The molecule has 1 fully saturated rings. The van der Waals surface area contributed by atoms with Crippen LogP contribution in [-0.4, -0.2) is 47.0 Å². The molecule has 7 heteroatoms. The van der Waals surface area contributed by atoms with E-state index in [4.69, 9.17) is 9.40 Å². The number of halogens is 1. The van der Waals surface area contributed by atoms with Crippen LogP contribution in [0.1, 0.15) is 40.1 Å². The van der Waals surface area contributed by atoms with Gasteiger partial charge in [-0.25, -0.2) is 14.4 Å². The topological polar surface area (TPSA) is 62.5 Å². The number of carbonyl (C=O) groups is 1. The van der Waals surface area contributed by atoms with Crippen molar-refractivity contribution in [2.24, 2.45) is 0 Å². The third-order valence-corrected chi connectivity index (χ3v) is 5.44. The molecule has 2 aromatic heterocycles. The summed E-state index contributed by atoms with van der Waals surface area (Å²) in [7, 11) is 0. The summed E-state index contributed by atoms with van der Waals surface area (Å²) in [6, 6.07) is 10.2. The van der Waals surface area contributed by atoms with Crippen LogP contribution in [0.3, 0.4) is 0 Å². The first kappa shape index (κ1) is 20.1. The van der Waals surface area contributed by atoms with Gasteiger partial charge in [-0.1, -0.05) is 25.1 Å². The first-order valence-corrected chi connectivity index (χ1v) is 10.2. The molecule has 1 aliphatic rings. The van der Waals surface area contributed by atoms with E-state index in [1.54, 1.807) is 29.2 Å².